The summed E-state index contributed by atoms with van der Waals surface area (Å²) in [6, 6.07) is 20.5. The molecule has 1 atom stereocenters. The third-order valence-corrected chi connectivity index (χ3v) is 8.39. The lowest BCUT2D eigenvalue weighted by atomic mass is 10.00. The molecule has 2 aliphatic rings. The lowest BCUT2D eigenvalue weighted by molar-refractivity contribution is -0.119. The van der Waals surface area contributed by atoms with Gasteiger partial charge in [0.15, 0.2) is 0 Å². The van der Waals surface area contributed by atoms with Gasteiger partial charge in [-0.2, -0.15) is 4.31 Å². The molecule has 0 saturated carbocycles. The molecule has 1 N–H and O–H groups in total. The van der Waals surface area contributed by atoms with Crippen LogP contribution in [0, 0.1) is 0 Å². The SMILES string of the molecule is CC(=O)NC[C@H]1CN(c2ccc(C3=CCN(S(=O)(=O)c4ccc5ccccc5c4)CC3)cc2)C(=O)O1. The van der Waals surface area contributed by atoms with Gasteiger partial charge in [-0.3, -0.25) is 9.69 Å². The quantitative estimate of drug-likeness (QED) is 0.550. The zero-order valence-electron chi connectivity index (χ0n) is 19.9. The van der Waals surface area contributed by atoms with Gasteiger partial charge < -0.3 is 10.1 Å². The van der Waals surface area contributed by atoms with Gasteiger partial charge in [0.2, 0.25) is 15.9 Å². The molecule has 0 aliphatic carbocycles. The summed E-state index contributed by atoms with van der Waals surface area (Å²) in [5.74, 6) is -0.168. The van der Waals surface area contributed by atoms with Gasteiger partial charge in [0.1, 0.15) is 6.10 Å². The number of hydrogen-bond acceptors (Lipinski definition) is 5. The van der Waals surface area contributed by atoms with Gasteiger partial charge in [-0.25, -0.2) is 13.2 Å². The maximum absolute atomic E-state index is 13.2. The van der Waals surface area contributed by atoms with Crippen LogP contribution in [0.25, 0.3) is 16.3 Å². The Labute approximate surface area is 210 Å². The maximum Gasteiger partial charge on any atom is 0.414 e. The van der Waals surface area contributed by atoms with Crippen molar-refractivity contribution in [3.8, 4) is 0 Å². The summed E-state index contributed by atoms with van der Waals surface area (Å²) < 4.78 is 33.3. The van der Waals surface area contributed by atoms with Crippen LogP contribution in [-0.4, -0.2) is 57.0 Å². The topological polar surface area (TPSA) is 96.0 Å². The van der Waals surface area contributed by atoms with E-state index in [4.69, 9.17) is 4.74 Å². The van der Waals surface area contributed by atoms with E-state index in [1.165, 1.54) is 11.2 Å². The fourth-order valence-corrected chi connectivity index (χ4v) is 5.98. The number of rotatable bonds is 6. The van der Waals surface area contributed by atoms with Crippen LogP contribution in [0.2, 0.25) is 0 Å². The van der Waals surface area contributed by atoms with Gasteiger partial charge in [0.25, 0.3) is 0 Å². The molecule has 2 amide bonds. The number of nitrogens with one attached hydrogen (secondary N) is 1. The van der Waals surface area contributed by atoms with Crippen LogP contribution in [0.1, 0.15) is 18.9 Å². The summed E-state index contributed by atoms with van der Waals surface area (Å²) in [4.78, 5) is 25.2. The molecular formula is C27H27N3O5S. The zero-order chi connectivity index (χ0) is 25.3. The minimum atomic E-state index is -3.59. The van der Waals surface area contributed by atoms with Crippen molar-refractivity contribution in [1.82, 2.24) is 9.62 Å². The van der Waals surface area contributed by atoms with Crippen LogP contribution in [0.5, 0.6) is 0 Å². The number of carbonyl (C=O) groups is 2. The number of ether oxygens (including phenoxy) is 1. The first kappa shape index (κ1) is 24.0. The van der Waals surface area contributed by atoms with Crippen molar-refractivity contribution in [3.63, 3.8) is 0 Å². The number of benzene rings is 3. The Morgan fingerprint density at radius 2 is 1.81 bits per heavy atom. The molecule has 0 aromatic heterocycles. The lowest BCUT2D eigenvalue weighted by Gasteiger charge is -2.26. The Bertz CT molecular complexity index is 1450. The summed E-state index contributed by atoms with van der Waals surface area (Å²) >= 11 is 0. The Morgan fingerprint density at radius 3 is 2.50 bits per heavy atom. The van der Waals surface area contributed by atoms with E-state index in [0.717, 1.165) is 21.9 Å². The second kappa shape index (κ2) is 9.75. The van der Waals surface area contributed by atoms with E-state index in [0.29, 0.717) is 36.6 Å². The molecule has 2 aliphatic heterocycles. The normalized spacial score (nSPS) is 18.7. The average molecular weight is 506 g/mol. The lowest BCUT2D eigenvalue weighted by Crippen LogP contribution is -2.34. The maximum atomic E-state index is 13.2. The first-order chi connectivity index (χ1) is 17.3. The number of carbonyl (C=O) groups excluding carboxylic acids is 2. The molecule has 5 rings (SSSR count). The van der Waals surface area contributed by atoms with Crippen LogP contribution in [0.15, 0.2) is 77.7 Å². The van der Waals surface area contributed by atoms with Gasteiger partial charge in [-0.05, 0) is 52.6 Å². The number of anilines is 1. The van der Waals surface area contributed by atoms with Crippen molar-refractivity contribution >= 4 is 44.1 Å². The van der Waals surface area contributed by atoms with Crippen molar-refractivity contribution < 1.29 is 22.7 Å². The van der Waals surface area contributed by atoms with Crippen LogP contribution < -0.4 is 10.2 Å². The van der Waals surface area contributed by atoms with E-state index in [2.05, 4.69) is 5.32 Å². The first-order valence-corrected chi connectivity index (χ1v) is 13.3. The van der Waals surface area contributed by atoms with Crippen LogP contribution in [-0.2, 0) is 19.6 Å². The molecule has 186 valence electrons. The van der Waals surface area contributed by atoms with Crippen molar-refractivity contribution in [2.75, 3.05) is 31.1 Å². The van der Waals surface area contributed by atoms with Gasteiger partial charge in [0, 0.05) is 25.7 Å². The first-order valence-electron chi connectivity index (χ1n) is 11.8. The summed E-state index contributed by atoms with van der Waals surface area (Å²) in [5, 5.41) is 4.57. The van der Waals surface area contributed by atoms with Crippen molar-refractivity contribution in [2.24, 2.45) is 0 Å². The van der Waals surface area contributed by atoms with Crippen LogP contribution in [0.3, 0.4) is 0 Å². The number of nitrogens with zero attached hydrogens (tertiary/aromatic N) is 2. The second-order valence-electron chi connectivity index (χ2n) is 8.95. The highest BCUT2D eigenvalue weighted by molar-refractivity contribution is 7.89. The molecular weight excluding hydrogens is 478 g/mol. The molecule has 1 saturated heterocycles. The van der Waals surface area contributed by atoms with Gasteiger partial charge in [0.05, 0.1) is 18.0 Å². The van der Waals surface area contributed by atoms with Crippen molar-refractivity contribution in [3.05, 3.63) is 78.4 Å². The number of cyclic esters (lactones) is 1. The zero-order valence-corrected chi connectivity index (χ0v) is 20.7. The highest BCUT2D eigenvalue weighted by Crippen LogP contribution is 2.29. The third kappa shape index (κ3) is 4.84. The molecule has 3 aromatic carbocycles. The molecule has 36 heavy (non-hydrogen) atoms. The molecule has 0 radical (unpaired) electrons. The predicted octanol–water partition coefficient (Wildman–Crippen LogP) is 3.78. The molecule has 0 spiro atoms. The Kier molecular flexibility index (Phi) is 6.51. The monoisotopic (exact) mass is 505 g/mol. The largest absolute Gasteiger partial charge is 0.442 e. The summed E-state index contributed by atoms with van der Waals surface area (Å²) in [5.41, 5.74) is 2.77. The highest BCUT2D eigenvalue weighted by Gasteiger charge is 2.32. The van der Waals surface area contributed by atoms with E-state index < -0.39 is 22.2 Å². The standard InChI is InChI=1S/C27H27N3O5S/c1-19(31)28-17-25-18-30(27(32)35-25)24-9-6-21(7-10-24)22-12-14-29(15-13-22)36(33,34)26-11-8-20-4-2-3-5-23(20)16-26/h2-12,16,25H,13-15,17-18H2,1H3,(H,28,31)/t25-/m0/s1. The predicted molar refractivity (Wildman–Crippen MR) is 138 cm³/mol. The summed E-state index contributed by atoms with van der Waals surface area (Å²) in [7, 11) is -3.59. The second-order valence-corrected chi connectivity index (χ2v) is 10.9. The van der Waals surface area contributed by atoms with Gasteiger partial charge >= 0.3 is 6.09 Å². The van der Waals surface area contributed by atoms with Crippen LogP contribution >= 0.6 is 0 Å². The average Bonchev–Trinajstić information content (AvgIpc) is 3.27. The molecule has 3 aromatic rings. The Hall–Kier alpha value is -3.69. The van der Waals surface area contributed by atoms with E-state index in [1.807, 2.05) is 60.7 Å². The Balaban J connectivity index is 1.26. The number of sulfonamides is 1. The molecule has 9 heteroatoms. The highest BCUT2D eigenvalue weighted by atomic mass is 32.2. The Morgan fingerprint density at radius 1 is 1.06 bits per heavy atom. The molecule has 2 heterocycles. The number of hydrogen-bond donors (Lipinski definition) is 1. The number of amides is 2. The van der Waals surface area contributed by atoms with Gasteiger partial charge in [-0.15, -0.1) is 0 Å². The smallest absolute Gasteiger partial charge is 0.414 e. The van der Waals surface area contributed by atoms with E-state index in [-0.39, 0.29) is 12.5 Å². The summed E-state index contributed by atoms with van der Waals surface area (Å²) in [6.45, 7) is 2.76. The molecule has 8 nitrogen and oxygen atoms in total. The molecule has 1 fully saturated rings. The van der Waals surface area contributed by atoms with Crippen molar-refractivity contribution in [2.45, 2.75) is 24.3 Å². The molecule has 0 bridgehead atoms. The molecule has 0 unspecified atom stereocenters. The fraction of sp³-hybridized carbons (Fsp3) is 0.259. The van der Waals surface area contributed by atoms with Crippen LogP contribution in [0.4, 0.5) is 10.5 Å². The third-order valence-electron chi connectivity index (χ3n) is 6.53. The van der Waals surface area contributed by atoms with E-state index >= 15 is 0 Å². The van der Waals surface area contributed by atoms with E-state index in [1.54, 1.807) is 17.0 Å². The minimum absolute atomic E-state index is 0.168. The fourth-order valence-electron chi connectivity index (χ4n) is 4.56. The van der Waals surface area contributed by atoms with E-state index in [9.17, 15) is 18.0 Å². The number of fused-ring (bicyclic) bond motifs is 1. The van der Waals surface area contributed by atoms with Gasteiger partial charge in [-0.1, -0.05) is 48.5 Å². The van der Waals surface area contributed by atoms with Crippen molar-refractivity contribution in [1.29, 1.82) is 0 Å². The summed E-state index contributed by atoms with van der Waals surface area (Å²) in [6.07, 6.45) is 1.71. The minimum Gasteiger partial charge on any atom is -0.442 e.